The molecule has 118 valence electrons. The Morgan fingerprint density at radius 1 is 1.33 bits per heavy atom. The Morgan fingerprint density at radius 2 is 1.86 bits per heavy atom. The predicted molar refractivity (Wildman–Crippen MR) is 76.3 cm³/mol. The van der Waals surface area contributed by atoms with Gasteiger partial charge in [0.05, 0.1) is 5.52 Å². The molecule has 0 bridgehead atoms. The molecule has 0 amide bonds. The smallest absolute Gasteiger partial charge is 0.466 e. The lowest BCUT2D eigenvalue weighted by Crippen LogP contribution is -2.04. The van der Waals surface area contributed by atoms with Crippen molar-refractivity contribution in [1.82, 2.24) is 4.57 Å². The summed E-state index contributed by atoms with van der Waals surface area (Å²) < 4.78 is 24.1. The molecule has 0 spiro atoms. The Labute approximate surface area is 120 Å². The van der Waals surface area contributed by atoms with Crippen LogP contribution in [-0.4, -0.2) is 30.9 Å². The van der Waals surface area contributed by atoms with Crippen LogP contribution in [0.5, 0.6) is 5.75 Å². The van der Waals surface area contributed by atoms with Crippen LogP contribution in [0, 0.1) is 12.7 Å². The molecule has 0 radical (unpaired) electrons. The molecule has 0 fully saturated rings. The van der Waals surface area contributed by atoms with Crippen LogP contribution in [0.2, 0.25) is 0 Å². The minimum absolute atomic E-state index is 0.273. The summed E-state index contributed by atoms with van der Waals surface area (Å²) in [6.45, 7) is 2.43. The van der Waals surface area contributed by atoms with Crippen molar-refractivity contribution in [3.63, 3.8) is 0 Å². The summed E-state index contributed by atoms with van der Waals surface area (Å²) in [7, 11) is -2.74. The normalized spacial score (nSPS) is 11.4. The third-order valence-corrected chi connectivity index (χ3v) is 3.10. The number of rotatable bonds is 2. The van der Waals surface area contributed by atoms with Gasteiger partial charge >= 0.3 is 7.82 Å². The van der Waals surface area contributed by atoms with Gasteiger partial charge in [-0.3, -0.25) is 0 Å². The fourth-order valence-electron chi connectivity index (χ4n) is 2.15. The Kier molecular flexibility index (Phi) is 5.49. The number of hydrogen-bond donors (Lipinski definition) is 5. The van der Waals surface area contributed by atoms with E-state index in [-0.39, 0.29) is 5.75 Å². The highest BCUT2D eigenvalue weighted by molar-refractivity contribution is 7.45. The van der Waals surface area contributed by atoms with E-state index in [9.17, 15) is 9.50 Å². The molecule has 1 aromatic carbocycles. The van der Waals surface area contributed by atoms with Crippen LogP contribution in [0.15, 0.2) is 12.1 Å². The zero-order valence-corrected chi connectivity index (χ0v) is 12.5. The molecule has 7 nitrogen and oxygen atoms in total. The van der Waals surface area contributed by atoms with Crippen molar-refractivity contribution < 1.29 is 28.7 Å². The summed E-state index contributed by atoms with van der Waals surface area (Å²) in [6.07, 6.45) is 0.639. The molecule has 0 saturated heterocycles. The minimum Gasteiger partial charge on any atom is -0.504 e. The van der Waals surface area contributed by atoms with Gasteiger partial charge in [0.15, 0.2) is 11.6 Å². The van der Waals surface area contributed by atoms with Gasteiger partial charge in [-0.05, 0) is 37.6 Å². The van der Waals surface area contributed by atoms with E-state index in [0.29, 0.717) is 18.4 Å². The van der Waals surface area contributed by atoms with Crippen molar-refractivity contribution in [2.45, 2.75) is 13.3 Å². The minimum atomic E-state index is -4.64. The van der Waals surface area contributed by atoms with Gasteiger partial charge in [0.25, 0.3) is 0 Å². The summed E-state index contributed by atoms with van der Waals surface area (Å²) in [5, 5.41) is 10.4. The molecule has 0 atom stereocenters. The second kappa shape index (κ2) is 6.55. The molecule has 6 N–H and O–H groups in total. The Balaban J connectivity index is 0.000000383. The van der Waals surface area contributed by atoms with E-state index >= 15 is 0 Å². The number of phenols is 1. The fraction of sp³-hybridized carbons (Fsp3) is 0.333. The number of aromatic hydroxyl groups is 1. The lowest BCUT2D eigenvalue weighted by molar-refractivity contribution is 0.275. The van der Waals surface area contributed by atoms with E-state index in [1.165, 1.54) is 6.07 Å². The highest BCUT2D eigenvalue weighted by Crippen LogP contribution is 2.34. The molecular weight excluding hydrogens is 302 g/mol. The zero-order chi connectivity index (χ0) is 16.4. The molecule has 0 aliphatic rings. The average molecular weight is 320 g/mol. The maximum atomic E-state index is 13.3. The van der Waals surface area contributed by atoms with Gasteiger partial charge in [-0.1, -0.05) is 0 Å². The van der Waals surface area contributed by atoms with Crippen LogP contribution in [0.1, 0.15) is 11.3 Å². The Hall–Kier alpha value is -1.44. The van der Waals surface area contributed by atoms with Gasteiger partial charge in [-0.25, -0.2) is 8.96 Å². The molecule has 0 unspecified atom stereocenters. The standard InChI is InChI=1S/C12H15FN2O.H3O4P/c1-7-8(5-6-14)11-10(15(7)2)4-3-9(13)12(11)16;1-5(2,3)4/h3-4,16H,5-6,14H2,1-2H3;(H3,1,2,3,4). The van der Waals surface area contributed by atoms with Crippen LogP contribution in [0.4, 0.5) is 4.39 Å². The monoisotopic (exact) mass is 320 g/mol. The van der Waals surface area contributed by atoms with E-state index in [4.69, 9.17) is 25.0 Å². The second-order valence-corrected chi connectivity index (χ2v) is 5.49. The van der Waals surface area contributed by atoms with E-state index in [2.05, 4.69) is 0 Å². The van der Waals surface area contributed by atoms with Crippen molar-refractivity contribution in [1.29, 1.82) is 0 Å². The van der Waals surface area contributed by atoms with Gasteiger partial charge in [-0.2, -0.15) is 0 Å². The van der Waals surface area contributed by atoms with Gasteiger partial charge in [0.2, 0.25) is 0 Å². The number of nitrogens with two attached hydrogens (primary N) is 1. The second-order valence-electron chi connectivity index (χ2n) is 4.47. The number of nitrogens with zero attached hydrogens (tertiary/aromatic N) is 1. The van der Waals surface area contributed by atoms with Gasteiger partial charge in [-0.15, -0.1) is 0 Å². The summed E-state index contributed by atoms with van der Waals surface area (Å²) in [5.41, 5.74) is 8.31. The van der Waals surface area contributed by atoms with E-state index in [1.54, 1.807) is 6.07 Å². The van der Waals surface area contributed by atoms with Crippen LogP contribution in [-0.2, 0) is 18.0 Å². The lowest BCUT2D eigenvalue weighted by Gasteiger charge is -2.01. The van der Waals surface area contributed by atoms with E-state index in [0.717, 1.165) is 16.8 Å². The highest BCUT2D eigenvalue weighted by atomic mass is 31.2. The number of halogens is 1. The maximum absolute atomic E-state index is 13.3. The van der Waals surface area contributed by atoms with Crippen molar-refractivity contribution in [2.24, 2.45) is 12.8 Å². The quantitative estimate of drug-likeness (QED) is 0.523. The third kappa shape index (κ3) is 4.26. The first kappa shape index (κ1) is 17.6. The number of aryl methyl sites for hydroxylation is 1. The summed E-state index contributed by atoms with van der Waals surface area (Å²) in [5.74, 6) is -0.860. The van der Waals surface area contributed by atoms with E-state index in [1.807, 2.05) is 18.5 Å². The first-order chi connectivity index (χ1) is 9.57. The summed E-state index contributed by atoms with van der Waals surface area (Å²) in [4.78, 5) is 21.6. The Bertz CT molecular complexity index is 686. The number of aromatic nitrogens is 1. The molecular formula is C12H18FN2O5P. The topological polar surface area (TPSA) is 129 Å². The molecule has 2 rings (SSSR count). The van der Waals surface area contributed by atoms with Crippen molar-refractivity contribution >= 4 is 18.7 Å². The van der Waals surface area contributed by atoms with E-state index < -0.39 is 13.6 Å². The molecule has 0 aliphatic heterocycles. The predicted octanol–water partition coefficient (Wildman–Crippen LogP) is 0.904. The van der Waals surface area contributed by atoms with Crippen molar-refractivity contribution in [3.05, 3.63) is 29.2 Å². The first-order valence-electron chi connectivity index (χ1n) is 6.01. The number of phenolic OH excluding ortho intramolecular Hbond substituents is 1. The van der Waals surface area contributed by atoms with Gasteiger partial charge in [0, 0.05) is 18.1 Å². The average Bonchev–Trinajstić information content (AvgIpc) is 2.58. The molecule has 0 aliphatic carbocycles. The molecule has 0 saturated carbocycles. The number of benzene rings is 1. The van der Waals surface area contributed by atoms with Crippen molar-refractivity contribution in [3.8, 4) is 5.75 Å². The SMILES string of the molecule is Cc1c(CCN)c2c(O)c(F)ccc2n1C.O=P(O)(O)O. The lowest BCUT2D eigenvalue weighted by atomic mass is 10.1. The van der Waals surface area contributed by atoms with Crippen LogP contribution in [0.3, 0.4) is 0 Å². The first-order valence-corrected chi connectivity index (χ1v) is 7.58. The van der Waals surface area contributed by atoms with Crippen LogP contribution < -0.4 is 5.73 Å². The molecule has 9 heteroatoms. The zero-order valence-electron chi connectivity index (χ0n) is 11.6. The third-order valence-electron chi connectivity index (χ3n) is 3.10. The van der Waals surface area contributed by atoms with Crippen molar-refractivity contribution in [2.75, 3.05) is 6.54 Å². The largest absolute Gasteiger partial charge is 0.504 e. The summed E-state index contributed by atoms with van der Waals surface area (Å²) in [6, 6.07) is 2.96. The van der Waals surface area contributed by atoms with Gasteiger partial charge in [0.1, 0.15) is 0 Å². The number of hydrogen-bond acceptors (Lipinski definition) is 3. The maximum Gasteiger partial charge on any atom is 0.466 e. The molecule has 1 aromatic heterocycles. The molecule has 2 aromatic rings. The molecule has 21 heavy (non-hydrogen) atoms. The number of phosphoric acid groups is 1. The molecule has 1 heterocycles. The van der Waals surface area contributed by atoms with Crippen LogP contribution >= 0.6 is 7.82 Å². The fourth-order valence-corrected chi connectivity index (χ4v) is 2.15. The number of fused-ring (bicyclic) bond motifs is 1. The van der Waals surface area contributed by atoms with Crippen LogP contribution in [0.25, 0.3) is 10.9 Å². The highest BCUT2D eigenvalue weighted by Gasteiger charge is 2.16. The Morgan fingerprint density at radius 3 is 2.33 bits per heavy atom. The summed E-state index contributed by atoms with van der Waals surface area (Å²) >= 11 is 0. The van der Waals surface area contributed by atoms with Gasteiger partial charge < -0.3 is 30.1 Å².